The van der Waals surface area contributed by atoms with E-state index in [-0.39, 0.29) is 11.8 Å². The summed E-state index contributed by atoms with van der Waals surface area (Å²) in [5.74, 6) is 0.0404. The van der Waals surface area contributed by atoms with E-state index in [1.807, 2.05) is 41.0 Å². The zero-order valence-electron chi connectivity index (χ0n) is 13.5. The Bertz CT molecular complexity index is 759. The molecule has 0 spiro atoms. The third-order valence-electron chi connectivity index (χ3n) is 4.23. The van der Waals surface area contributed by atoms with Crippen LogP contribution in [-0.4, -0.2) is 47.8 Å². The molecule has 0 aliphatic carbocycles. The van der Waals surface area contributed by atoms with Crippen LogP contribution in [0.3, 0.4) is 0 Å². The maximum absolute atomic E-state index is 12.7. The van der Waals surface area contributed by atoms with Crippen molar-refractivity contribution in [2.24, 2.45) is 0 Å². The molecule has 1 aliphatic heterocycles. The molecule has 2 amide bonds. The van der Waals surface area contributed by atoms with Gasteiger partial charge in [-0.3, -0.25) is 9.59 Å². The van der Waals surface area contributed by atoms with Gasteiger partial charge >= 0.3 is 0 Å². The summed E-state index contributed by atoms with van der Waals surface area (Å²) in [7, 11) is 0. The molecule has 1 fully saturated rings. The highest BCUT2D eigenvalue weighted by Gasteiger charge is 2.24. The molecule has 0 atom stereocenters. The second kappa shape index (κ2) is 7.36. The van der Waals surface area contributed by atoms with Gasteiger partial charge in [0, 0.05) is 31.7 Å². The van der Waals surface area contributed by atoms with E-state index in [1.54, 1.807) is 12.1 Å². The number of rotatable bonds is 2. The summed E-state index contributed by atoms with van der Waals surface area (Å²) >= 11 is 7.21. The Hall–Kier alpha value is -1.85. The molecule has 4 nitrogen and oxygen atoms in total. The van der Waals surface area contributed by atoms with Crippen molar-refractivity contribution < 1.29 is 9.59 Å². The zero-order valence-corrected chi connectivity index (χ0v) is 15.1. The van der Waals surface area contributed by atoms with Crippen LogP contribution < -0.4 is 0 Å². The summed E-state index contributed by atoms with van der Waals surface area (Å²) in [5.41, 5.74) is 1.72. The van der Waals surface area contributed by atoms with Gasteiger partial charge in [-0.05, 0) is 37.1 Å². The van der Waals surface area contributed by atoms with Gasteiger partial charge in [0.15, 0.2) is 0 Å². The van der Waals surface area contributed by atoms with Crippen LogP contribution in [0.1, 0.15) is 32.0 Å². The summed E-state index contributed by atoms with van der Waals surface area (Å²) in [5, 5.41) is 0. The summed E-state index contributed by atoms with van der Waals surface area (Å²) in [6.45, 7) is 4.37. The molecule has 24 heavy (non-hydrogen) atoms. The fraction of sp³-hybridized carbons (Fsp3) is 0.333. The second-order valence-electron chi connectivity index (χ2n) is 5.86. The SMILES string of the molecule is Cc1ccccc1C(=O)N1CCCN(C(=O)c2ccc(Cl)s2)CC1. The lowest BCUT2D eigenvalue weighted by Crippen LogP contribution is -2.37. The Morgan fingerprint density at radius 1 is 0.958 bits per heavy atom. The zero-order chi connectivity index (χ0) is 17.1. The number of halogens is 1. The second-order valence-corrected chi connectivity index (χ2v) is 7.57. The van der Waals surface area contributed by atoms with Crippen LogP contribution in [0.4, 0.5) is 0 Å². The van der Waals surface area contributed by atoms with E-state index < -0.39 is 0 Å². The number of carbonyl (C=O) groups excluding carboxylic acids is 2. The number of benzene rings is 1. The fourth-order valence-electron chi connectivity index (χ4n) is 2.89. The molecule has 1 aliphatic rings. The van der Waals surface area contributed by atoms with E-state index in [9.17, 15) is 9.59 Å². The van der Waals surface area contributed by atoms with Crippen molar-refractivity contribution in [1.29, 1.82) is 0 Å². The Morgan fingerprint density at radius 3 is 2.25 bits per heavy atom. The van der Waals surface area contributed by atoms with E-state index in [1.165, 1.54) is 11.3 Å². The number of aryl methyl sites for hydroxylation is 1. The predicted molar refractivity (Wildman–Crippen MR) is 96.9 cm³/mol. The van der Waals surface area contributed by atoms with Crippen molar-refractivity contribution >= 4 is 34.8 Å². The quantitative estimate of drug-likeness (QED) is 0.817. The first-order valence-electron chi connectivity index (χ1n) is 7.96. The molecule has 1 aromatic heterocycles. The van der Waals surface area contributed by atoms with E-state index in [4.69, 9.17) is 11.6 Å². The number of hydrogen-bond donors (Lipinski definition) is 0. The van der Waals surface area contributed by atoms with E-state index >= 15 is 0 Å². The van der Waals surface area contributed by atoms with Gasteiger partial charge in [-0.1, -0.05) is 29.8 Å². The number of hydrogen-bond acceptors (Lipinski definition) is 3. The normalized spacial score (nSPS) is 15.2. The van der Waals surface area contributed by atoms with Crippen molar-refractivity contribution in [1.82, 2.24) is 9.80 Å². The summed E-state index contributed by atoms with van der Waals surface area (Å²) < 4.78 is 0.615. The van der Waals surface area contributed by atoms with Crippen molar-refractivity contribution in [3.63, 3.8) is 0 Å². The molecule has 1 saturated heterocycles. The van der Waals surface area contributed by atoms with Crippen LogP contribution in [0.25, 0.3) is 0 Å². The standard InChI is InChI=1S/C18H19ClN2O2S/c1-13-5-2-3-6-14(13)17(22)20-9-4-10-21(12-11-20)18(23)15-7-8-16(19)24-15/h2-3,5-8H,4,9-12H2,1H3. The molecule has 126 valence electrons. The van der Waals surface area contributed by atoms with Gasteiger partial charge in [-0.15, -0.1) is 11.3 Å². The highest BCUT2D eigenvalue weighted by Crippen LogP contribution is 2.23. The molecule has 0 radical (unpaired) electrons. The average Bonchev–Trinajstić information content (AvgIpc) is 2.87. The Labute approximate surface area is 150 Å². The highest BCUT2D eigenvalue weighted by molar-refractivity contribution is 7.17. The van der Waals surface area contributed by atoms with Crippen molar-refractivity contribution in [2.75, 3.05) is 26.2 Å². The molecule has 0 saturated carbocycles. The van der Waals surface area contributed by atoms with Crippen molar-refractivity contribution in [3.8, 4) is 0 Å². The Morgan fingerprint density at radius 2 is 1.62 bits per heavy atom. The third kappa shape index (κ3) is 3.62. The molecule has 0 bridgehead atoms. The number of nitrogens with zero attached hydrogens (tertiary/aromatic N) is 2. The third-order valence-corrected chi connectivity index (χ3v) is 5.45. The first-order valence-corrected chi connectivity index (χ1v) is 9.15. The van der Waals surface area contributed by atoms with Gasteiger partial charge in [-0.25, -0.2) is 0 Å². The largest absolute Gasteiger partial charge is 0.337 e. The van der Waals surface area contributed by atoms with Crippen molar-refractivity contribution in [3.05, 3.63) is 56.7 Å². The van der Waals surface area contributed by atoms with Gasteiger partial charge in [0.05, 0.1) is 9.21 Å². The van der Waals surface area contributed by atoms with Crippen LogP contribution >= 0.6 is 22.9 Å². The fourth-order valence-corrected chi connectivity index (χ4v) is 3.90. The molecule has 0 N–H and O–H groups in total. The van der Waals surface area contributed by atoms with Crippen LogP contribution in [0.5, 0.6) is 0 Å². The lowest BCUT2D eigenvalue weighted by Gasteiger charge is -2.22. The Kier molecular flexibility index (Phi) is 5.21. The van der Waals surface area contributed by atoms with Crippen molar-refractivity contribution in [2.45, 2.75) is 13.3 Å². The van der Waals surface area contributed by atoms with Crippen LogP contribution in [0.15, 0.2) is 36.4 Å². The van der Waals surface area contributed by atoms with E-state index in [0.717, 1.165) is 17.5 Å². The lowest BCUT2D eigenvalue weighted by atomic mass is 10.1. The number of thiophene rings is 1. The molecule has 2 aromatic rings. The molecule has 0 unspecified atom stereocenters. The van der Waals surface area contributed by atoms with Crippen LogP contribution in [0.2, 0.25) is 4.34 Å². The number of carbonyl (C=O) groups is 2. The minimum absolute atomic E-state index is 0.00269. The molecule has 3 rings (SSSR count). The van der Waals surface area contributed by atoms with E-state index in [2.05, 4.69) is 0 Å². The minimum Gasteiger partial charge on any atom is -0.337 e. The van der Waals surface area contributed by atoms with E-state index in [0.29, 0.717) is 35.4 Å². The van der Waals surface area contributed by atoms with Crippen LogP contribution in [-0.2, 0) is 0 Å². The van der Waals surface area contributed by atoms with Gasteiger partial charge < -0.3 is 9.80 Å². The first-order chi connectivity index (χ1) is 11.6. The first kappa shape index (κ1) is 17.0. The molecule has 6 heteroatoms. The molecular formula is C18H19ClN2O2S. The van der Waals surface area contributed by atoms with Gasteiger partial charge in [0.2, 0.25) is 0 Å². The summed E-state index contributed by atoms with van der Waals surface area (Å²) in [6.07, 6.45) is 0.780. The topological polar surface area (TPSA) is 40.6 Å². The van der Waals surface area contributed by atoms with Gasteiger partial charge in [-0.2, -0.15) is 0 Å². The number of amides is 2. The highest BCUT2D eigenvalue weighted by atomic mass is 35.5. The maximum Gasteiger partial charge on any atom is 0.264 e. The molecule has 1 aromatic carbocycles. The predicted octanol–water partition coefficient (Wildman–Crippen LogP) is 3.70. The average molecular weight is 363 g/mol. The smallest absolute Gasteiger partial charge is 0.264 e. The lowest BCUT2D eigenvalue weighted by molar-refractivity contribution is 0.0720. The molecular weight excluding hydrogens is 344 g/mol. The summed E-state index contributed by atoms with van der Waals surface area (Å²) in [6, 6.07) is 11.1. The van der Waals surface area contributed by atoms with Crippen LogP contribution in [0, 0.1) is 6.92 Å². The maximum atomic E-state index is 12.7. The summed E-state index contributed by atoms with van der Waals surface area (Å²) in [4.78, 5) is 29.6. The molecule has 2 heterocycles. The van der Waals surface area contributed by atoms with Gasteiger partial charge in [0.25, 0.3) is 11.8 Å². The van der Waals surface area contributed by atoms with Gasteiger partial charge in [0.1, 0.15) is 0 Å². The monoisotopic (exact) mass is 362 g/mol. The Balaban J connectivity index is 1.68. The minimum atomic E-state index is -0.00269.